The van der Waals surface area contributed by atoms with Crippen LogP contribution in [0.25, 0.3) is 0 Å². The van der Waals surface area contributed by atoms with Crippen LogP contribution in [-0.2, 0) is 18.4 Å². The zero-order valence-electron chi connectivity index (χ0n) is 17.9. The van der Waals surface area contributed by atoms with Gasteiger partial charge < -0.3 is 10.4 Å². The molecular weight excluding hydrogens is 375 g/mol. The average molecular weight is 409 g/mol. The number of phenols is 1. The molecule has 2 aromatic carbocycles. The van der Waals surface area contributed by atoms with Crippen LogP contribution in [0.15, 0.2) is 42.5 Å². The lowest BCUT2D eigenvalue weighted by Gasteiger charge is -2.56. The maximum absolute atomic E-state index is 13.1. The highest BCUT2D eigenvalue weighted by Gasteiger charge is 2.51. The maximum atomic E-state index is 13.1. The fourth-order valence-corrected chi connectivity index (χ4v) is 6.03. The SMILES string of the molecule is C[C@H]1[C@H]2Cc3ccc(O)cc3[C@]1(CCNCc1ccc(F)cc1)CCN2CC1CC1. The molecule has 4 heteroatoms. The largest absolute Gasteiger partial charge is 0.508 e. The van der Waals surface area contributed by atoms with Crippen molar-refractivity contribution in [3.05, 3.63) is 65.0 Å². The van der Waals surface area contributed by atoms with Crippen LogP contribution in [0.3, 0.4) is 0 Å². The van der Waals surface area contributed by atoms with Gasteiger partial charge in [0.25, 0.3) is 0 Å². The van der Waals surface area contributed by atoms with Gasteiger partial charge in [-0.1, -0.05) is 25.1 Å². The summed E-state index contributed by atoms with van der Waals surface area (Å²) in [7, 11) is 0. The molecule has 0 spiro atoms. The number of piperidine rings is 1. The van der Waals surface area contributed by atoms with Crippen molar-refractivity contribution in [2.75, 3.05) is 19.6 Å². The van der Waals surface area contributed by atoms with Gasteiger partial charge in [0.15, 0.2) is 0 Å². The predicted molar refractivity (Wildman–Crippen MR) is 118 cm³/mol. The molecule has 160 valence electrons. The summed E-state index contributed by atoms with van der Waals surface area (Å²) < 4.78 is 13.1. The third-order valence-electron chi connectivity index (χ3n) is 8.00. The van der Waals surface area contributed by atoms with Gasteiger partial charge in [0.2, 0.25) is 0 Å². The molecule has 30 heavy (non-hydrogen) atoms. The van der Waals surface area contributed by atoms with Gasteiger partial charge in [-0.05, 0) is 98.0 Å². The Balaban J connectivity index is 1.34. The van der Waals surface area contributed by atoms with Gasteiger partial charge in [0.05, 0.1) is 0 Å². The third kappa shape index (κ3) is 3.76. The molecule has 3 atom stereocenters. The number of nitrogens with one attached hydrogen (secondary N) is 1. The standard InChI is InChI=1S/C26H33FN2O/c1-18-25-14-21-6-9-23(30)15-24(21)26(18,11-13-29(25)17-20-2-3-20)10-12-28-16-19-4-7-22(27)8-5-19/h4-9,15,18,20,25,28,30H,2-3,10-14,16-17H2,1H3/t18-,25+,26+/m0/s1. The van der Waals surface area contributed by atoms with Gasteiger partial charge in [-0.3, -0.25) is 4.90 Å². The van der Waals surface area contributed by atoms with E-state index in [1.807, 2.05) is 24.3 Å². The van der Waals surface area contributed by atoms with Crippen molar-refractivity contribution < 1.29 is 9.50 Å². The summed E-state index contributed by atoms with van der Waals surface area (Å²) in [6.07, 6.45) is 6.14. The molecule has 1 heterocycles. The van der Waals surface area contributed by atoms with Crippen LogP contribution >= 0.6 is 0 Å². The van der Waals surface area contributed by atoms with E-state index in [1.54, 1.807) is 0 Å². The highest BCUT2D eigenvalue weighted by molar-refractivity contribution is 5.44. The Labute approximate surface area is 179 Å². The Morgan fingerprint density at radius 2 is 1.97 bits per heavy atom. The van der Waals surface area contributed by atoms with E-state index in [9.17, 15) is 9.50 Å². The molecule has 0 amide bonds. The Morgan fingerprint density at radius 1 is 1.17 bits per heavy atom. The van der Waals surface area contributed by atoms with Crippen LogP contribution in [0.5, 0.6) is 5.75 Å². The van der Waals surface area contributed by atoms with Gasteiger partial charge in [-0.15, -0.1) is 0 Å². The monoisotopic (exact) mass is 408 g/mol. The summed E-state index contributed by atoms with van der Waals surface area (Å²) in [6.45, 7) is 6.55. The van der Waals surface area contributed by atoms with E-state index in [0.29, 0.717) is 17.7 Å². The van der Waals surface area contributed by atoms with E-state index in [2.05, 4.69) is 23.2 Å². The molecule has 1 saturated carbocycles. The summed E-state index contributed by atoms with van der Waals surface area (Å²) in [6, 6.07) is 13.4. The first kappa shape index (κ1) is 20.0. The predicted octanol–water partition coefficient (Wildman–Crippen LogP) is 4.63. The number of nitrogens with zero attached hydrogens (tertiary/aromatic N) is 1. The Hall–Kier alpha value is -1.91. The Bertz CT molecular complexity index is 894. The molecule has 2 aliphatic carbocycles. The second-order valence-electron chi connectivity index (χ2n) is 9.80. The normalized spacial score (nSPS) is 28.3. The number of benzene rings is 2. The minimum absolute atomic E-state index is 0.118. The maximum Gasteiger partial charge on any atom is 0.123 e. The topological polar surface area (TPSA) is 35.5 Å². The van der Waals surface area contributed by atoms with E-state index >= 15 is 0 Å². The van der Waals surface area contributed by atoms with Crippen molar-refractivity contribution in [1.29, 1.82) is 0 Å². The number of hydrogen-bond donors (Lipinski definition) is 2. The quantitative estimate of drug-likeness (QED) is 0.656. The van der Waals surface area contributed by atoms with E-state index in [-0.39, 0.29) is 11.2 Å². The molecular formula is C26H33FN2O. The highest BCUT2D eigenvalue weighted by Crippen LogP contribution is 2.52. The lowest BCUT2D eigenvalue weighted by atomic mass is 9.56. The smallest absolute Gasteiger partial charge is 0.123 e. The lowest BCUT2D eigenvalue weighted by molar-refractivity contribution is 0.0158. The first-order valence-corrected chi connectivity index (χ1v) is 11.6. The minimum Gasteiger partial charge on any atom is -0.508 e. The third-order valence-corrected chi connectivity index (χ3v) is 8.00. The minimum atomic E-state index is -0.186. The lowest BCUT2D eigenvalue weighted by Crippen LogP contribution is -2.59. The average Bonchev–Trinajstić information content (AvgIpc) is 3.55. The van der Waals surface area contributed by atoms with E-state index in [0.717, 1.165) is 43.8 Å². The van der Waals surface area contributed by atoms with Crippen LogP contribution in [0, 0.1) is 17.7 Å². The molecule has 0 aromatic heterocycles. The van der Waals surface area contributed by atoms with Crippen LogP contribution < -0.4 is 5.32 Å². The first-order valence-electron chi connectivity index (χ1n) is 11.6. The molecule has 1 aliphatic heterocycles. The van der Waals surface area contributed by atoms with E-state index in [1.165, 1.54) is 49.2 Å². The van der Waals surface area contributed by atoms with Gasteiger partial charge >= 0.3 is 0 Å². The molecule has 2 N–H and O–H groups in total. The van der Waals surface area contributed by atoms with Crippen LogP contribution in [0.2, 0.25) is 0 Å². The van der Waals surface area contributed by atoms with Crippen molar-refractivity contribution in [3.8, 4) is 5.75 Å². The van der Waals surface area contributed by atoms with Gasteiger partial charge in [0, 0.05) is 24.5 Å². The summed E-state index contributed by atoms with van der Waals surface area (Å²) in [5.74, 6) is 1.70. The molecule has 0 radical (unpaired) electrons. The number of rotatable bonds is 7. The Morgan fingerprint density at radius 3 is 2.73 bits per heavy atom. The zero-order valence-corrected chi connectivity index (χ0v) is 17.9. The zero-order chi connectivity index (χ0) is 20.7. The summed E-state index contributed by atoms with van der Waals surface area (Å²) in [5, 5.41) is 13.8. The molecule has 3 nitrogen and oxygen atoms in total. The molecule has 2 bridgehead atoms. The van der Waals surface area contributed by atoms with Crippen LogP contribution in [0.4, 0.5) is 4.39 Å². The van der Waals surface area contributed by atoms with Crippen molar-refractivity contribution in [2.24, 2.45) is 11.8 Å². The van der Waals surface area contributed by atoms with Gasteiger partial charge in [0.1, 0.15) is 11.6 Å². The van der Waals surface area contributed by atoms with E-state index < -0.39 is 0 Å². The molecule has 2 fully saturated rings. The molecule has 1 saturated heterocycles. The first-order chi connectivity index (χ1) is 14.5. The number of phenolic OH excluding ortho intramolecular Hbond substituents is 1. The second-order valence-corrected chi connectivity index (χ2v) is 9.80. The van der Waals surface area contributed by atoms with Gasteiger partial charge in [-0.2, -0.15) is 0 Å². The number of aromatic hydroxyl groups is 1. The fourth-order valence-electron chi connectivity index (χ4n) is 6.03. The fraction of sp³-hybridized carbons (Fsp3) is 0.538. The van der Waals surface area contributed by atoms with Crippen molar-refractivity contribution in [3.63, 3.8) is 0 Å². The second kappa shape index (κ2) is 7.97. The van der Waals surface area contributed by atoms with Crippen LogP contribution in [-0.4, -0.2) is 35.7 Å². The van der Waals surface area contributed by atoms with Crippen molar-refractivity contribution >= 4 is 0 Å². The van der Waals surface area contributed by atoms with Gasteiger partial charge in [-0.25, -0.2) is 4.39 Å². The molecule has 0 unspecified atom stereocenters. The highest BCUT2D eigenvalue weighted by atomic mass is 19.1. The van der Waals surface area contributed by atoms with Crippen LogP contribution in [0.1, 0.15) is 49.3 Å². The summed E-state index contributed by atoms with van der Waals surface area (Å²) >= 11 is 0. The number of halogens is 1. The molecule has 2 aromatic rings. The molecule has 5 rings (SSSR count). The van der Waals surface area contributed by atoms with E-state index in [4.69, 9.17) is 0 Å². The van der Waals surface area contributed by atoms with Crippen molar-refractivity contribution in [2.45, 2.75) is 57.0 Å². The summed E-state index contributed by atoms with van der Waals surface area (Å²) in [4.78, 5) is 2.77. The Kier molecular flexibility index (Phi) is 5.32. The number of likely N-dealkylation sites (tertiary alicyclic amines) is 1. The number of fused-ring (bicyclic) bond motifs is 4. The molecule has 3 aliphatic rings. The summed E-state index contributed by atoms with van der Waals surface area (Å²) in [5.41, 5.74) is 4.03. The number of hydrogen-bond acceptors (Lipinski definition) is 3. The van der Waals surface area contributed by atoms with Crippen molar-refractivity contribution in [1.82, 2.24) is 10.2 Å².